The van der Waals surface area contributed by atoms with Crippen LogP contribution in [0.3, 0.4) is 0 Å². The van der Waals surface area contributed by atoms with Crippen molar-refractivity contribution >= 4 is 11.6 Å². The minimum absolute atomic E-state index is 0.339. The standard InChI is InChI=1S/C20H16O2/c1-15(16-8-4-2-5-9-16)12-19-13-18(14-20(21)22-19)17-10-6-3-7-11-17/h2-14H,1H3/b15-12+. The lowest BCUT2D eigenvalue weighted by molar-refractivity contribution is 0.502. The third-order valence-corrected chi connectivity index (χ3v) is 3.48. The zero-order chi connectivity index (χ0) is 15.4. The van der Waals surface area contributed by atoms with E-state index in [-0.39, 0.29) is 5.63 Å². The molecular formula is C20H16O2. The molecule has 0 bridgehead atoms. The monoisotopic (exact) mass is 288 g/mol. The van der Waals surface area contributed by atoms with Crippen LogP contribution in [-0.4, -0.2) is 0 Å². The van der Waals surface area contributed by atoms with Gasteiger partial charge in [-0.15, -0.1) is 0 Å². The number of rotatable bonds is 3. The van der Waals surface area contributed by atoms with E-state index >= 15 is 0 Å². The summed E-state index contributed by atoms with van der Waals surface area (Å²) in [5, 5.41) is 0. The molecule has 0 unspecified atom stereocenters. The Morgan fingerprint density at radius 3 is 2.18 bits per heavy atom. The summed E-state index contributed by atoms with van der Waals surface area (Å²) >= 11 is 0. The van der Waals surface area contributed by atoms with Crippen molar-refractivity contribution in [3.63, 3.8) is 0 Å². The SMILES string of the molecule is C/C(=C\c1cc(-c2ccccc2)cc(=O)o1)c1ccccc1. The van der Waals surface area contributed by atoms with Crippen LogP contribution in [0.1, 0.15) is 18.2 Å². The van der Waals surface area contributed by atoms with Gasteiger partial charge >= 0.3 is 5.63 Å². The predicted octanol–water partition coefficient (Wildman–Crippen LogP) is 4.87. The fraction of sp³-hybridized carbons (Fsp3) is 0.0500. The Bertz CT molecular complexity index is 844. The topological polar surface area (TPSA) is 30.2 Å². The van der Waals surface area contributed by atoms with Crippen molar-refractivity contribution in [2.24, 2.45) is 0 Å². The predicted molar refractivity (Wildman–Crippen MR) is 90.4 cm³/mol. The van der Waals surface area contributed by atoms with E-state index in [1.807, 2.05) is 79.7 Å². The summed E-state index contributed by atoms with van der Waals surface area (Å²) in [6.45, 7) is 2.00. The lowest BCUT2D eigenvalue weighted by atomic mass is 10.0. The molecule has 22 heavy (non-hydrogen) atoms. The minimum Gasteiger partial charge on any atom is -0.423 e. The van der Waals surface area contributed by atoms with Crippen LogP contribution in [0, 0.1) is 0 Å². The maximum absolute atomic E-state index is 11.8. The van der Waals surface area contributed by atoms with Crippen LogP contribution in [-0.2, 0) is 0 Å². The highest BCUT2D eigenvalue weighted by atomic mass is 16.4. The van der Waals surface area contributed by atoms with E-state index < -0.39 is 0 Å². The molecule has 2 nitrogen and oxygen atoms in total. The zero-order valence-corrected chi connectivity index (χ0v) is 12.3. The number of hydrogen-bond acceptors (Lipinski definition) is 2. The van der Waals surface area contributed by atoms with Gasteiger partial charge in [0.1, 0.15) is 5.76 Å². The third-order valence-electron chi connectivity index (χ3n) is 3.48. The van der Waals surface area contributed by atoms with Crippen LogP contribution >= 0.6 is 0 Å². The van der Waals surface area contributed by atoms with E-state index in [9.17, 15) is 4.79 Å². The smallest absolute Gasteiger partial charge is 0.336 e. The maximum atomic E-state index is 11.8. The first kappa shape index (κ1) is 14.1. The molecule has 0 fully saturated rings. The van der Waals surface area contributed by atoms with E-state index in [1.165, 1.54) is 6.07 Å². The van der Waals surface area contributed by atoms with Crippen molar-refractivity contribution in [3.8, 4) is 11.1 Å². The van der Waals surface area contributed by atoms with E-state index in [0.29, 0.717) is 5.76 Å². The highest BCUT2D eigenvalue weighted by Gasteiger charge is 2.03. The van der Waals surface area contributed by atoms with Crippen molar-refractivity contribution in [3.05, 3.63) is 94.5 Å². The molecule has 1 heterocycles. The Balaban J connectivity index is 2.02. The fourth-order valence-electron chi connectivity index (χ4n) is 2.36. The van der Waals surface area contributed by atoms with Crippen LogP contribution in [0.2, 0.25) is 0 Å². The third kappa shape index (κ3) is 3.23. The van der Waals surface area contributed by atoms with Gasteiger partial charge in [-0.1, -0.05) is 60.7 Å². The molecule has 0 aliphatic heterocycles. The molecule has 0 spiro atoms. The first-order valence-corrected chi connectivity index (χ1v) is 7.17. The first-order valence-electron chi connectivity index (χ1n) is 7.17. The van der Waals surface area contributed by atoms with E-state index in [2.05, 4.69) is 0 Å². The summed E-state index contributed by atoms with van der Waals surface area (Å²) in [5.41, 5.74) is 3.68. The molecule has 2 aromatic carbocycles. The van der Waals surface area contributed by atoms with Gasteiger partial charge in [0.15, 0.2) is 0 Å². The molecule has 0 saturated heterocycles. The van der Waals surface area contributed by atoms with Gasteiger partial charge in [-0.3, -0.25) is 0 Å². The van der Waals surface area contributed by atoms with E-state index in [1.54, 1.807) is 0 Å². The van der Waals surface area contributed by atoms with Crippen molar-refractivity contribution < 1.29 is 4.42 Å². The molecule has 1 aromatic heterocycles. The minimum atomic E-state index is -0.339. The quantitative estimate of drug-likeness (QED) is 0.688. The van der Waals surface area contributed by atoms with Gasteiger partial charge in [0.2, 0.25) is 0 Å². The van der Waals surface area contributed by atoms with Gasteiger partial charge in [-0.2, -0.15) is 0 Å². The molecule has 0 aliphatic rings. The second-order valence-corrected chi connectivity index (χ2v) is 5.13. The molecule has 3 aromatic rings. The number of benzene rings is 2. The Labute approximate surface area is 129 Å². The maximum Gasteiger partial charge on any atom is 0.336 e. The number of hydrogen-bond donors (Lipinski definition) is 0. The second kappa shape index (κ2) is 6.27. The van der Waals surface area contributed by atoms with Crippen LogP contribution in [0.15, 0.2) is 82.0 Å². The summed E-state index contributed by atoms with van der Waals surface area (Å²) < 4.78 is 5.30. The molecule has 0 saturated carbocycles. The highest BCUT2D eigenvalue weighted by molar-refractivity contribution is 5.79. The van der Waals surface area contributed by atoms with Crippen molar-refractivity contribution in [2.75, 3.05) is 0 Å². The van der Waals surface area contributed by atoms with E-state index in [4.69, 9.17) is 4.42 Å². The fourth-order valence-corrected chi connectivity index (χ4v) is 2.36. The molecule has 3 rings (SSSR count). The summed E-state index contributed by atoms with van der Waals surface area (Å²) in [5.74, 6) is 0.563. The van der Waals surface area contributed by atoms with Gasteiger partial charge in [-0.25, -0.2) is 4.79 Å². The molecule has 108 valence electrons. The van der Waals surface area contributed by atoms with Gasteiger partial charge < -0.3 is 4.42 Å². The average Bonchev–Trinajstić information content (AvgIpc) is 2.56. The van der Waals surface area contributed by atoms with Gasteiger partial charge in [0.05, 0.1) is 0 Å². The summed E-state index contributed by atoms with van der Waals surface area (Å²) in [7, 11) is 0. The van der Waals surface area contributed by atoms with Crippen LogP contribution in [0.4, 0.5) is 0 Å². The van der Waals surface area contributed by atoms with Crippen LogP contribution < -0.4 is 5.63 Å². The number of allylic oxidation sites excluding steroid dienone is 1. The molecule has 0 amide bonds. The average molecular weight is 288 g/mol. The molecule has 0 N–H and O–H groups in total. The Kier molecular flexibility index (Phi) is 4.01. The zero-order valence-electron chi connectivity index (χ0n) is 12.3. The first-order chi connectivity index (χ1) is 10.7. The Hall–Kier alpha value is -2.87. The largest absolute Gasteiger partial charge is 0.423 e. The van der Waals surface area contributed by atoms with Crippen molar-refractivity contribution in [1.82, 2.24) is 0 Å². The molecule has 0 aliphatic carbocycles. The lowest BCUT2D eigenvalue weighted by Gasteiger charge is -2.04. The second-order valence-electron chi connectivity index (χ2n) is 5.13. The van der Waals surface area contributed by atoms with Crippen LogP contribution in [0.5, 0.6) is 0 Å². The highest BCUT2D eigenvalue weighted by Crippen LogP contribution is 2.21. The Morgan fingerprint density at radius 1 is 0.864 bits per heavy atom. The summed E-state index contributed by atoms with van der Waals surface area (Å²) in [4.78, 5) is 11.8. The van der Waals surface area contributed by atoms with E-state index in [0.717, 1.165) is 22.3 Å². The van der Waals surface area contributed by atoms with Gasteiger partial charge in [-0.05, 0) is 41.3 Å². The normalized spacial score (nSPS) is 11.4. The van der Waals surface area contributed by atoms with Crippen molar-refractivity contribution in [2.45, 2.75) is 6.92 Å². The summed E-state index contributed by atoms with van der Waals surface area (Å²) in [6, 6.07) is 23.3. The molecular weight excluding hydrogens is 272 g/mol. The van der Waals surface area contributed by atoms with Crippen molar-refractivity contribution in [1.29, 1.82) is 0 Å². The van der Waals surface area contributed by atoms with Gasteiger partial charge in [0.25, 0.3) is 0 Å². The molecule has 0 radical (unpaired) electrons. The van der Waals surface area contributed by atoms with Crippen LogP contribution in [0.25, 0.3) is 22.8 Å². The molecule has 0 atom stereocenters. The van der Waals surface area contributed by atoms with Gasteiger partial charge in [0, 0.05) is 6.07 Å². The molecule has 2 heteroatoms. The Morgan fingerprint density at radius 2 is 1.50 bits per heavy atom. The lowest BCUT2D eigenvalue weighted by Crippen LogP contribution is -1.98. The summed E-state index contributed by atoms with van der Waals surface area (Å²) in [6.07, 6.45) is 1.89.